The highest BCUT2D eigenvalue weighted by Crippen LogP contribution is 2.28. The van der Waals surface area contributed by atoms with Crippen LogP contribution in [0.1, 0.15) is 16.1 Å². The van der Waals surface area contributed by atoms with Crippen molar-refractivity contribution in [2.24, 2.45) is 5.73 Å². The summed E-state index contributed by atoms with van der Waals surface area (Å²) in [6, 6.07) is 7.56. The lowest BCUT2D eigenvalue weighted by Gasteiger charge is -2.13. The molecule has 0 unspecified atom stereocenters. The number of nitrogens with two attached hydrogens (primary N) is 1. The lowest BCUT2D eigenvalue weighted by Crippen LogP contribution is -2.20. The zero-order chi connectivity index (χ0) is 15.4. The van der Waals surface area contributed by atoms with Crippen molar-refractivity contribution < 1.29 is 9.53 Å². The first kappa shape index (κ1) is 14.7. The van der Waals surface area contributed by atoms with E-state index in [2.05, 4.69) is 15.5 Å². The van der Waals surface area contributed by atoms with E-state index in [4.69, 9.17) is 22.7 Å². The molecule has 0 aliphatic heterocycles. The fourth-order valence-electron chi connectivity index (χ4n) is 1.68. The van der Waals surface area contributed by atoms with Crippen molar-refractivity contribution in [2.45, 2.75) is 0 Å². The molecule has 0 fully saturated rings. The van der Waals surface area contributed by atoms with Crippen LogP contribution in [0.25, 0.3) is 0 Å². The highest BCUT2D eigenvalue weighted by molar-refractivity contribution is 7.80. The molecule has 7 nitrogen and oxygen atoms in total. The summed E-state index contributed by atoms with van der Waals surface area (Å²) in [5.74, 6) is -0.105. The molecule has 108 valence electrons. The Balaban J connectivity index is 2.38. The summed E-state index contributed by atoms with van der Waals surface area (Å²) < 4.78 is 5.18. The summed E-state index contributed by atoms with van der Waals surface area (Å²) in [7, 11) is 1.46. The van der Waals surface area contributed by atoms with Crippen LogP contribution in [0.15, 0.2) is 35.1 Å². The van der Waals surface area contributed by atoms with Gasteiger partial charge in [0.1, 0.15) is 16.4 Å². The molecule has 2 aromatic rings. The Morgan fingerprint density at radius 1 is 1.38 bits per heavy atom. The Labute approximate surface area is 125 Å². The molecular formula is C13H12N4O3S. The van der Waals surface area contributed by atoms with Gasteiger partial charge in [-0.25, -0.2) is 5.10 Å². The minimum absolute atomic E-state index is 0.0504. The second-order valence-electron chi connectivity index (χ2n) is 4.01. The van der Waals surface area contributed by atoms with E-state index in [9.17, 15) is 9.59 Å². The van der Waals surface area contributed by atoms with E-state index >= 15 is 0 Å². The molecule has 1 aromatic heterocycles. The van der Waals surface area contributed by atoms with Gasteiger partial charge in [-0.2, -0.15) is 5.10 Å². The van der Waals surface area contributed by atoms with Crippen LogP contribution in [0.5, 0.6) is 5.75 Å². The van der Waals surface area contributed by atoms with Crippen LogP contribution in [0, 0.1) is 0 Å². The number of ether oxygens (including phenoxy) is 1. The number of rotatable bonds is 4. The molecule has 1 aromatic carbocycles. The van der Waals surface area contributed by atoms with Gasteiger partial charge >= 0.3 is 0 Å². The molecule has 0 aliphatic carbocycles. The summed E-state index contributed by atoms with van der Waals surface area (Å²) in [5, 5.41) is 8.47. The quantitative estimate of drug-likeness (QED) is 0.716. The number of hydrogen-bond donors (Lipinski definition) is 3. The second kappa shape index (κ2) is 6.14. The normalized spacial score (nSPS) is 9.95. The number of nitrogens with zero attached hydrogens (tertiary/aromatic N) is 1. The molecule has 4 N–H and O–H groups in total. The number of hydrogen-bond acceptors (Lipinski definition) is 5. The highest BCUT2D eigenvalue weighted by Gasteiger charge is 2.16. The van der Waals surface area contributed by atoms with Gasteiger partial charge in [-0.1, -0.05) is 18.3 Å². The number of nitrogens with one attached hydrogen (secondary N) is 2. The minimum atomic E-state index is -0.520. The maximum absolute atomic E-state index is 12.1. The maximum atomic E-state index is 12.1. The van der Waals surface area contributed by atoms with E-state index in [0.29, 0.717) is 17.0 Å². The van der Waals surface area contributed by atoms with Crippen LogP contribution < -0.4 is 21.3 Å². The van der Waals surface area contributed by atoms with Crippen LogP contribution in [0.3, 0.4) is 0 Å². The van der Waals surface area contributed by atoms with Gasteiger partial charge in [-0.05, 0) is 18.2 Å². The maximum Gasteiger partial charge on any atom is 0.276 e. The molecule has 1 heterocycles. The first-order valence-electron chi connectivity index (χ1n) is 5.87. The van der Waals surface area contributed by atoms with Crippen molar-refractivity contribution in [2.75, 3.05) is 12.4 Å². The van der Waals surface area contributed by atoms with Gasteiger partial charge in [0.25, 0.3) is 11.5 Å². The molecule has 0 atom stereocenters. The summed E-state index contributed by atoms with van der Waals surface area (Å²) in [5.41, 5.74) is 6.12. The number of para-hydroxylation sites is 1. The topological polar surface area (TPSA) is 110 Å². The van der Waals surface area contributed by atoms with Crippen molar-refractivity contribution in [1.82, 2.24) is 10.2 Å². The van der Waals surface area contributed by atoms with Crippen LogP contribution >= 0.6 is 12.2 Å². The van der Waals surface area contributed by atoms with Crippen LogP contribution in [0.4, 0.5) is 5.69 Å². The second-order valence-corrected chi connectivity index (χ2v) is 4.45. The number of anilines is 1. The molecule has 0 aliphatic rings. The summed E-state index contributed by atoms with van der Waals surface area (Å²) >= 11 is 4.95. The van der Waals surface area contributed by atoms with E-state index in [-0.39, 0.29) is 10.7 Å². The van der Waals surface area contributed by atoms with Crippen molar-refractivity contribution in [3.05, 3.63) is 51.9 Å². The van der Waals surface area contributed by atoms with Crippen molar-refractivity contribution >= 4 is 28.8 Å². The molecule has 0 saturated carbocycles. The fourth-order valence-corrected chi connectivity index (χ4v) is 1.85. The third-order valence-corrected chi connectivity index (χ3v) is 2.88. The Kier molecular flexibility index (Phi) is 4.29. The average molecular weight is 304 g/mol. The van der Waals surface area contributed by atoms with Gasteiger partial charge in [0.2, 0.25) is 0 Å². The average Bonchev–Trinajstić information content (AvgIpc) is 2.47. The summed E-state index contributed by atoms with van der Waals surface area (Å²) in [4.78, 5) is 23.2. The first-order valence-corrected chi connectivity index (χ1v) is 6.27. The lowest BCUT2D eigenvalue weighted by atomic mass is 10.1. The van der Waals surface area contributed by atoms with E-state index in [0.717, 1.165) is 0 Å². The molecule has 21 heavy (non-hydrogen) atoms. The monoisotopic (exact) mass is 304 g/mol. The third kappa shape index (κ3) is 3.23. The number of H-pyrrole nitrogens is 1. The molecule has 0 spiro atoms. The molecule has 0 radical (unpaired) electrons. The van der Waals surface area contributed by atoms with Gasteiger partial charge in [-0.15, -0.1) is 0 Å². The molecule has 8 heteroatoms. The molecule has 2 rings (SSSR count). The minimum Gasteiger partial charge on any atom is -0.495 e. The molecule has 0 saturated heterocycles. The largest absolute Gasteiger partial charge is 0.495 e. The van der Waals surface area contributed by atoms with Crippen LogP contribution in [-0.4, -0.2) is 28.2 Å². The summed E-state index contributed by atoms with van der Waals surface area (Å²) in [6.07, 6.45) is 0. The van der Waals surface area contributed by atoms with E-state index in [1.165, 1.54) is 19.2 Å². The standard InChI is InChI=1S/C13H12N4O3S/c1-20-9-4-2-3-7(12(14)21)11(9)15-13(19)8-5-6-10(18)17-16-8/h2-6H,1H3,(H2,14,21)(H,15,19)(H,17,18). The predicted octanol–water partition coefficient (Wildman–Crippen LogP) is 0.665. The Bertz CT molecular complexity index is 737. The van der Waals surface area contributed by atoms with E-state index < -0.39 is 11.5 Å². The van der Waals surface area contributed by atoms with Crippen molar-refractivity contribution in [3.63, 3.8) is 0 Å². The number of amides is 1. The molecular weight excluding hydrogens is 292 g/mol. The predicted molar refractivity (Wildman–Crippen MR) is 81.7 cm³/mol. The number of aromatic amines is 1. The van der Waals surface area contributed by atoms with Gasteiger partial charge < -0.3 is 15.8 Å². The number of thiocarbonyl (C=S) groups is 1. The number of benzene rings is 1. The first-order chi connectivity index (χ1) is 10.0. The fraction of sp³-hybridized carbons (Fsp3) is 0.0769. The van der Waals surface area contributed by atoms with Gasteiger partial charge in [0, 0.05) is 11.6 Å². The van der Waals surface area contributed by atoms with Crippen molar-refractivity contribution in [1.29, 1.82) is 0 Å². The number of carbonyl (C=O) groups is 1. The van der Waals surface area contributed by atoms with E-state index in [1.807, 2.05) is 0 Å². The lowest BCUT2D eigenvalue weighted by molar-refractivity contribution is 0.102. The Morgan fingerprint density at radius 2 is 2.14 bits per heavy atom. The molecule has 1 amide bonds. The smallest absolute Gasteiger partial charge is 0.276 e. The van der Waals surface area contributed by atoms with Crippen molar-refractivity contribution in [3.8, 4) is 5.75 Å². The van der Waals surface area contributed by atoms with Crippen LogP contribution in [-0.2, 0) is 0 Å². The Morgan fingerprint density at radius 3 is 2.71 bits per heavy atom. The van der Waals surface area contributed by atoms with Crippen LogP contribution in [0.2, 0.25) is 0 Å². The third-order valence-electron chi connectivity index (χ3n) is 2.66. The number of aromatic nitrogens is 2. The van der Waals surface area contributed by atoms with Gasteiger partial charge in [0.15, 0.2) is 0 Å². The molecule has 0 bridgehead atoms. The summed E-state index contributed by atoms with van der Waals surface area (Å²) in [6.45, 7) is 0. The SMILES string of the molecule is COc1cccc(C(N)=S)c1NC(=O)c1ccc(=O)[nH]n1. The van der Waals surface area contributed by atoms with Gasteiger partial charge in [0.05, 0.1) is 12.8 Å². The Hall–Kier alpha value is -2.74. The van der Waals surface area contributed by atoms with Gasteiger partial charge in [-0.3, -0.25) is 9.59 Å². The van der Waals surface area contributed by atoms with E-state index in [1.54, 1.807) is 18.2 Å². The number of methoxy groups -OCH3 is 1. The zero-order valence-corrected chi connectivity index (χ0v) is 11.9. The highest BCUT2D eigenvalue weighted by atomic mass is 32.1. The number of carbonyl (C=O) groups excluding carboxylic acids is 1. The zero-order valence-electron chi connectivity index (χ0n) is 11.0.